The predicted molar refractivity (Wildman–Crippen MR) is 73.8 cm³/mol. The second-order valence-corrected chi connectivity index (χ2v) is 4.75. The number of halogens is 2. The van der Waals surface area contributed by atoms with Crippen LogP contribution in [-0.4, -0.2) is 31.3 Å². The van der Waals surface area contributed by atoms with Crippen molar-refractivity contribution in [1.29, 1.82) is 0 Å². The molecule has 0 aromatic heterocycles. The number of hydrogen-bond donors (Lipinski definition) is 0. The second-order valence-electron chi connectivity index (χ2n) is 3.48. The Morgan fingerprint density at radius 3 is 2.83 bits per heavy atom. The highest BCUT2D eigenvalue weighted by molar-refractivity contribution is 7.99. The van der Waals surface area contributed by atoms with Gasteiger partial charge in [-0.05, 0) is 31.4 Å². The fraction of sp³-hybridized carbons (Fsp3) is 0.417. The summed E-state index contributed by atoms with van der Waals surface area (Å²) < 4.78 is 18.3. The first-order valence-corrected chi connectivity index (χ1v) is 7.19. The van der Waals surface area contributed by atoms with Gasteiger partial charge in [-0.3, -0.25) is 9.69 Å². The van der Waals surface area contributed by atoms with Gasteiger partial charge in [0.15, 0.2) is 0 Å². The van der Waals surface area contributed by atoms with Crippen LogP contribution in [0.4, 0.5) is 10.1 Å². The molecule has 0 atom stereocenters. The van der Waals surface area contributed by atoms with Crippen molar-refractivity contribution in [2.24, 2.45) is 0 Å². The number of benzene rings is 1. The third-order valence-electron chi connectivity index (χ3n) is 2.21. The fourth-order valence-corrected chi connectivity index (χ4v) is 1.90. The van der Waals surface area contributed by atoms with Gasteiger partial charge in [-0.25, -0.2) is 4.39 Å². The van der Waals surface area contributed by atoms with Crippen LogP contribution in [-0.2, 0) is 9.53 Å². The topological polar surface area (TPSA) is 29.5 Å². The number of nitrogens with zero attached hydrogens (tertiary/aromatic N) is 1. The molecular formula is C12H15ClFNO2S. The van der Waals surface area contributed by atoms with Crippen LogP contribution < -0.4 is 4.90 Å². The van der Waals surface area contributed by atoms with Crippen molar-refractivity contribution in [2.45, 2.75) is 6.92 Å². The molecule has 1 aromatic rings. The Hall–Kier alpha value is -0.780. The van der Waals surface area contributed by atoms with Crippen LogP contribution in [0.2, 0.25) is 5.02 Å². The molecular weight excluding hydrogens is 277 g/mol. The summed E-state index contributed by atoms with van der Waals surface area (Å²) in [5, 5.41) is -0.00838. The minimum Gasteiger partial charge on any atom is -0.361 e. The Balaban J connectivity index is 2.93. The van der Waals surface area contributed by atoms with Gasteiger partial charge in [-0.15, -0.1) is 0 Å². The zero-order valence-corrected chi connectivity index (χ0v) is 11.9. The van der Waals surface area contributed by atoms with Crippen molar-refractivity contribution >= 4 is 35.0 Å². The van der Waals surface area contributed by atoms with E-state index in [1.54, 1.807) is 0 Å². The summed E-state index contributed by atoms with van der Waals surface area (Å²) in [4.78, 5) is 13.4. The molecule has 0 spiro atoms. The van der Waals surface area contributed by atoms with Crippen LogP contribution in [0.5, 0.6) is 0 Å². The molecule has 1 amide bonds. The van der Waals surface area contributed by atoms with Crippen LogP contribution in [0.15, 0.2) is 18.2 Å². The minimum absolute atomic E-state index is 0.00838. The maximum absolute atomic E-state index is 13.1. The number of hydrogen-bond acceptors (Lipinski definition) is 3. The maximum atomic E-state index is 13.1. The number of amides is 1. The van der Waals surface area contributed by atoms with E-state index in [0.29, 0.717) is 18.0 Å². The lowest BCUT2D eigenvalue weighted by molar-refractivity contribution is -0.117. The van der Waals surface area contributed by atoms with E-state index in [4.69, 9.17) is 16.3 Å². The first-order chi connectivity index (χ1) is 8.60. The molecule has 0 radical (unpaired) electrons. The Morgan fingerprint density at radius 2 is 2.28 bits per heavy atom. The molecule has 0 saturated carbocycles. The third-order valence-corrected chi connectivity index (χ3v) is 3.03. The quantitative estimate of drug-likeness (QED) is 0.754. The van der Waals surface area contributed by atoms with E-state index < -0.39 is 5.82 Å². The lowest BCUT2D eigenvalue weighted by atomic mass is 10.3. The van der Waals surface area contributed by atoms with Gasteiger partial charge in [0.05, 0.1) is 10.8 Å². The Labute approximate surface area is 115 Å². The normalized spacial score (nSPS) is 10.4. The van der Waals surface area contributed by atoms with E-state index in [1.807, 2.05) is 13.2 Å². The average Bonchev–Trinajstić information content (AvgIpc) is 2.34. The highest BCUT2D eigenvalue weighted by Gasteiger charge is 2.16. The molecule has 0 aliphatic rings. The van der Waals surface area contributed by atoms with E-state index in [2.05, 4.69) is 0 Å². The second kappa shape index (κ2) is 7.61. The number of carbonyl (C=O) groups excluding carboxylic acids is 1. The van der Waals surface area contributed by atoms with Gasteiger partial charge < -0.3 is 4.74 Å². The van der Waals surface area contributed by atoms with Crippen molar-refractivity contribution < 1.29 is 13.9 Å². The Morgan fingerprint density at radius 1 is 1.56 bits per heavy atom. The predicted octanol–water partition coefficient (Wildman–Crippen LogP) is 3.17. The minimum atomic E-state index is -0.505. The SMILES string of the molecule is CCOCN(C(=O)CSC)c1ccc(F)c(Cl)c1. The van der Waals surface area contributed by atoms with Crippen molar-refractivity contribution in [3.8, 4) is 0 Å². The van der Waals surface area contributed by atoms with Gasteiger partial charge in [-0.2, -0.15) is 11.8 Å². The molecule has 6 heteroatoms. The molecule has 1 aromatic carbocycles. The molecule has 0 unspecified atom stereocenters. The summed E-state index contributed by atoms with van der Waals surface area (Å²) in [6.07, 6.45) is 1.84. The van der Waals surface area contributed by atoms with Crippen molar-refractivity contribution in [1.82, 2.24) is 0 Å². The molecule has 0 saturated heterocycles. The molecule has 0 N–H and O–H groups in total. The van der Waals surface area contributed by atoms with Crippen LogP contribution in [0.1, 0.15) is 6.92 Å². The van der Waals surface area contributed by atoms with Gasteiger partial charge in [0.25, 0.3) is 0 Å². The molecule has 3 nitrogen and oxygen atoms in total. The van der Waals surface area contributed by atoms with Gasteiger partial charge >= 0.3 is 0 Å². The van der Waals surface area contributed by atoms with E-state index in [1.165, 1.54) is 34.9 Å². The lowest BCUT2D eigenvalue weighted by Crippen LogP contribution is -2.34. The average molecular weight is 292 g/mol. The van der Waals surface area contributed by atoms with Crippen molar-refractivity contribution in [3.63, 3.8) is 0 Å². The zero-order chi connectivity index (χ0) is 13.5. The smallest absolute Gasteiger partial charge is 0.238 e. The van der Waals surface area contributed by atoms with Gasteiger partial charge in [0.1, 0.15) is 12.5 Å². The molecule has 0 aliphatic heterocycles. The van der Waals surface area contributed by atoms with Gasteiger partial charge in [0.2, 0.25) is 5.91 Å². The Kier molecular flexibility index (Phi) is 6.46. The van der Waals surface area contributed by atoms with E-state index >= 15 is 0 Å². The van der Waals surface area contributed by atoms with Crippen LogP contribution >= 0.6 is 23.4 Å². The van der Waals surface area contributed by atoms with Crippen LogP contribution in [0.25, 0.3) is 0 Å². The molecule has 0 fully saturated rings. The van der Waals surface area contributed by atoms with Crippen LogP contribution in [0, 0.1) is 5.82 Å². The molecule has 100 valence electrons. The summed E-state index contributed by atoms with van der Waals surface area (Å²) in [6, 6.07) is 4.18. The molecule has 0 heterocycles. The summed E-state index contributed by atoms with van der Waals surface area (Å²) >= 11 is 7.13. The summed E-state index contributed by atoms with van der Waals surface area (Å²) in [7, 11) is 0. The first kappa shape index (κ1) is 15.3. The third kappa shape index (κ3) is 4.15. The van der Waals surface area contributed by atoms with E-state index in [9.17, 15) is 9.18 Å². The summed E-state index contributed by atoms with van der Waals surface area (Å²) in [6.45, 7) is 2.48. The standard InChI is InChI=1S/C12H15ClFNO2S/c1-3-17-8-15(12(16)7-18-2)9-4-5-11(14)10(13)6-9/h4-6H,3,7-8H2,1-2H3. The maximum Gasteiger partial charge on any atom is 0.238 e. The largest absolute Gasteiger partial charge is 0.361 e. The van der Waals surface area contributed by atoms with Crippen molar-refractivity contribution in [3.05, 3.63) is 29.0 Å². The van der Waals surface area contributed by atoms with Crippen molar-refractivity contribution in [2.75, 3.05) is 30.2 Å². The van der Waals surface area contributed by atoms with Gasteiger partial charge in [0, 0.05) is 12.3 Å². The highest BCUT2D eigenvalue weighted by Crippen LogP contribution is 2.23. The number of thioether (sulfide) groups is 1. The number of rotatable bonds is 6. The number of carbonyl (C=O) groups is 1. The van der Waals surface area contributed by atoms with Crippen LogP contribution in [0.3, 0.4) is 0 Å². The number of ether oxygens (including phenoxy) is 1. The number of anilines is 1. The highest BCUT2D eigenvalue weighted by atomic mass is 35.5. The molecule has 0 bridgehead atoms. The first-order valence-electron chi connectivity index (χ1n) is 5.42. The lowest BCUT2D eigenvalue weighted by Gasteiger charge is -2.22. The molecule has 1 rings (SSSR count). The fourth-order valence-electron chi connectivity index (χ4n) is 1.33. The van der Waals surface area contributed by atoms with E-state index in [0.717, 1.165) is 0 Å². The molecule has 18 heavy (non-hydrogen) atoms. The summed E-state index contributed by atoms with van der Waals surface area (Å²) in [5.74, 6) is -0.269. The summed E-state index contributed by atoms with van der Waals surface area (Å²) in [5.41, 5.74) is 0.536. The monoisotopic (exact) mass is 291 g/mol. The zero-order valence-electron chi connectivity index (χ0n) is 10.3. The molecule has 0 aliphatic carbocycles. The van der Waals surface area contributed by atoms with Gasteiger partial charge in [-0.1, -0.05) is 11.6 Å². The Bertz CT molecular complexity index is 417. The van der Waals surface area contributed by atoms with E-state index in [-0.39, 0.29) is 17.7 Å².